The van der Waals surface area contributed by atoms with E-state index in [0.29, 0.717) is 0 Å². The molecule has 0 aliphatic carbocycles. The lowest BCUT2D eigenvalue weighted by atomic mass is 10.2. The largest absolute Gasteiger partial charge is 0.423 e. The number of hydrogen-bond donors (Lipinski definition) is 1. The molecule has 0 amide bonds. The molecule has 92 valence electrons. The fourth-order valence-electron chi connectivity index (χ4n) is 0.668. The van der Waals surface area contributed by atoms with Crippen LogP contribution < -0.4 is 0 Å². The predicted octanol–water partition coefficient (Wildman–Crippen LogP) is 2.27. The molecule has 2 nitrogen and oxygen atoms in total. The highest BCUT2D eigenvalue weighted by Gasteiger charge is 2.58. The molecular weight excluding hydrogens is 230 g/mol. The van der Waals surface area contributed by atoms with Crippen LogP contribution >= 0.6 is 0 Å². The van der Waals surface area contributed by atoms with E-state index in [1.165, 1.54) is 0 Å². The molecule has 0 fully saturated rings. The van der Waals surface area contributed by atoms with E-state index >= 15 is 0 Å². The first-order valence-electron chi connectivity index (χ1n) is 3.93. The summed E-state index contributed by atoms with van der Waals surface area (Å²) in [5.74, 6) is 0. The number of ether oxygens (including phenoxy) is 1. The maximum absolute atomic E-state index is 11.9. The molecule has 0 aliphatic rings. The van der Waals surface area contributed by atoms with Crippen LogP contribution in [0.2, 0.25) is 0 Å². The summed E-state index contributed by atoms with van der Waals surface area (Å²) in [6.45, 7) is 1.96. The van der Waals surface area contributed by atoms with E-state index in [2.05, 4.69) is 4.74 Å². The highest BCUT2D eigenvalue weighted by atomic mass is 19.4. The standard InChI is InChI=1S/C7H10F6O2/c1-3(14)4(2)15-5(6(8,9)10)7(11,12)13/h3-5,14H,1-2H3/t3-,4?/m0/s1. The van der Waals surface area contributed by atoms with Crippen LogP contribution in [0.15, 0.2) is 0 Å². The van der Waals surface area contributed by atoms with Crippen molar-refractivity contribution in [3.05, 3.63) is 0 Å². The average Bonchev–Trinajstić information content (AvgIpc) is 1.94. The van der Waals surface area contributed by atoms with Gasteiger partial charge in [-0.05, 0) is 13.8 Å². The SMILES string of the molecule is CC(OC(C(F)(F)F)C(F)(F)F)[C@H](C)O. The highest BCUT2D eigenvalue weighted by Crippen LogP contribution is 2.36. The van der Waals surface area contributed by atoms with Gasteiger partial charge in [-0.1, -0.05) is 0 Å². The molecule has 1 N–H and O–H groups in total. The van der Waals surface area contributed by atoms with Crippen molar-refractivity contribution in [3.63, 3.8) is 0 Å². The Labute approximate surface area is 81.8 Å². The molecule has 0 heterocycles. The van der Waals surface area contributed by atoms with Crippen molar-refractivity contribution in [2.24, 2.45) is 0 Å². The van der Waals surface area contributed by atoms with Gasteiger partial charge in [0.1, 0.15) is 0 Å². The molecule has 0 saturated heterocycles. The topological polar surface area (TPSA) is 29.5 Å². The van der Waals surface area contributed by atoms with Gasteiger partial charge in [-0.15, -0.1) is 0 Å². The summed E-state index contributed by atoms with van der Waals surface area (Å²) in [4.78, 5) is 0. The second kappa shape index (κ2) is 4.56. The summed E-state index contributed by atoms with van der Waals surface area (Å²) in [5.41, 5.74) is 0. The molecule has 15 heavy (non-hydrogen) atoms. The van der Waals surface area contributed by atoms with Crippen LogP contribution in [-0.2, 0) is 4.74 Å². The van der Waals surface area contributed by atoms with Gasteiger partial charge in [-0.25, -0.2) is 0 Å². The number of rotatable bonds is 3. The van der Waals surface area contributed by atoms with Gasteiger partial charge in [-0.2, -0.15) is 26.3 Å². The maximum Gasteiger partial charge on any atom is 0.423 e. The Balaban J connectivity index is 4.69. The van der Waals surface area contributed by atoms with Crippen LogP contribution in [0.3, 0.4) is 0 Å². The third-order valence-electron chi connectivity index (χ3n) is 1.62. The lowest BCUT2D eigenvalue weighted by Crippen LogP contribution is -2.47. The second-order valence-electron chi connectivity index (χ2n) is 3.05. The van der Waals surface area contributed by atoms with Crippen molar-refractivity contribution in [3.8, 4) is 0 Å². The van der Waals surface area contributed by atoms with E-state index in [4.69, 9.17) is 5.11 Å². The van der Waals surface area contributed by atoms with E-state index in [0.717, 1.165) is 13.8 Å². The van der Waals surface area contributed by atoms with Crippen LogP contribution in [0.5, 0.6) is 0 Å². The summed E-state index contributed by atoms with van der Waals surface area (Å²) >= 11 is 0. The van der Waals surface area contributed by atoms with Gasteiger partial charge in [0.15, 0.2) is 0 Å². The Morgan fingerprint density at radius 3 is 1.47 bits per heavy atom. The molecule has 0 spiro atoms. The highest BCUT2D eigenvalue weighted by molar-refractivity contribution is 4.78. The van der Waals surface area contributed by atoms with Gasteiger partial charge in [0.05, 0.1) is 12.2 Å². The smallest absolute Gasteiger partial charge is 0.391 e. The third-order valence-corrected chi connectivity index (χ3v) is 1.62. The van der Waals surface area contributed by atoms with Crippen LogP contribution in [0.25, 0.3) is 0 Å². The number of aliphatic hydroxyl groups excluding tert-OH is 1. The first kappa shape index (κ1) is 14.5. The van der Waals surface area contributed by atoms with Crippen molar-refractivity contribution in [2.45, 2.75) is 44.5 Å². The van der Waals surface area contributed by atoms with Crippen LogP contribution in [0, 0.1) is 0 Å². The monoisotopic (exact) mass is 240 g/mol. The molecule has 8 heteroatoms. The second-order valence-corrected chi connectivity index (χ2v) is 3.05. The van der Waals surface area contributed by atoms with Crippen molar-refractivity contribution >= 4 is 0 Å². The van der Waals surface area contributed by atoms with E-state index in [9.17, 15) is 26.3 Å². The first-order valence-corrected chi connectivity index (χ1v) is 3.93. The summed E-state index contributed by atoms with van der Waals surface area (Å²) in [6, 6.07) is 0. The van der Waals surface area contributed by atoms with E-state index in [1.807, 2.05) is 0 Å². The maximum atomic E-state index is 11.9. The first-order chi connectivity index (χ1) is 6.46. The van der Waals surface area contributed by atoms with Gasteiger partial charge >= 0.3 is 12.4 Å². The summed E-state index contributed by atoms with van der Waals surface area (Å²) in [6.07, 6.45) is -17.9. The van der Waals surface area contributed by atoms with Crippen molar-refractivity contribution in [1.82, 2.24) is 0 Å². The summed E-state index contributed by atoms with van der Waals surface area (Å²) in [7, 11) is 0. The Hall–Kier alpha value is -0.500. The third kappa shape index (κ3) is 4.70. The summed E-state index contributed by atoms with van der Waals surface area (Å²) < 4.78 is 75.2. The fraction of sp³-hybridized carbons (Fsp3) is 1.00. The van der Waals surface area contributed by atoms with Crippen LogP contribution in [-0.4, -0.2) is 35.8 Å². The molecule has 0 aliphatic heterocycles. The molecule has 1 unspecified atom stereocenters. The minimum Gasteiger partial charge on any atom is -0.391 e. The van der Waals surface area contributed by atoms with E-state index in [-0.39, 0.29) is 0 Å². The minimum atomic E-state index is -5.54. The van der Waals surface area contributed by atoms with Crippen molar-refractivity contribution in [1.29, 1.82) is 0 Å². The molecule has 0 aromatic rings. The van der Waals surface area contributed by atoms with Gasteiger partial charge in [0.2, 0.25) is 6.10 Å². The molecular formula is C7H10F6O2. The van der Waals surface area contributed by atoms with Crippen molar-refractivity contribution in [2.75, 3.05) is 0 Å². The quantitative estimate of drug-likeness (QED) is 0.767. The fourth-order valence-corrected chi connectivity index (χ4v) is 0.668. The van der Waals surface area contributed by atoms with Crippen LogP contribution in [0.1, 0.15) is 13.8 Å². The minimum absolute atomic E-state index is 0.926. The molecule has 0 radical (unpaired) electrons. The molecule has 0 saturated carbocycles. The van der Waals surface area contributed by atoms with E-state index in [1.54, 1.807) is 0 Å². The molecule has 0 aromatic heterocycles. The zero-order valence-corrected chi connectivity index (χ0v) is 7.86. The Bertz CT molecular complexity index is 183. The zero-order chi connectivity index (χ0) is 12.4. The molecule has 0 rings (SSSR count). The van der Waals surface area contributed by atoms with E-state index < -0.39 is 30.7 Å². The van der Waals surface area contributed by atoms with Gasteiger partial charge < -0.3 is 9.84 Å². The zero-order valence-electron chi connectivity index (χ0n) is 7.86. The molecule has 0 aromatic carbocycles. The van der Waals surface area contributed by atoms with Gasteiger partial charge in [0, 0.05) is 0 Å². The normalized spacial score (nSPS) is 18.0. The Morgan fingerprint density at radius 1 is 0.933 bits per heavy atom. The Morgan fingerprint density at radius 2 is 1.27 bits per heavy atom. The summed E-state index contributed by atoms with van der Waals surface area (Å²) in [5, 5.41) is 8.74. The van der Waals surface area contributed by atoms with Crippen LogP contribution in [0.4, 0.5) is 26.3 Å². The lowest BCUT2D eigenvalue weighted by Gasteiger charge is -2.27. The van der Waals surface area contributed by atoms with Gasteiger partial charge in [-0.3, -0.25) is 0 Å². The Kier molecular flexibility index (Phi) is 4.41. The van der Waals surface area contributed by atoms with Gasteiger partial charge in [0.25, 0.3) is 0 Å². The lowest BCUT2D eigenvalue weighted by molar-refractivity contribution is -0.333. The number of hydrogen-bond acceptors (Lipinski definition) is 2. The molecule has 2 atom stereocenters. The predicted molar refractivity (Wildman–Crippen MR) is 38.1 cm³/mol. The number of halogens is 6. The molecule has 0 bridgehead atoms. The number of alkyl halides is 6. The average molecular weight is 240 g/mol. The van der Waals surface area contributed by atoms with Crippen molar-refractivity contribution < 1.29 is 36.2 Å². The number of aliphatic hydroxyl groups is 1.